The van der Waals surface area contributed by atoms with E-state index in [0.29, 0.717) is 12.6 Å². The number of anilines is 1. The van der Waals surface area contributed by atoms with Crippen LogP contribution < -0.4 is 15.5 Å². The molecule has 1 aromatic heterocycles. The van der Waals surface area contributed by atoms with Gasteiger partial charge in [0.05, 0.1) is 0 Å². The quantitative estimate of drug-likeness (QED) is 0.349. The number of nitrogens with zero attached hydrogens (tertiary/aromatic N) is 3. The van der Waals surface area contributed by atoms with Crippen LogP contribution in [0.3, 0.4) is 0 Å². The minimum atomic E-state index is 0. The molecule has 0 radical (unpaired) electrons. The third kappa shape index (κ3) is 5.66. The third-order valence-corrected chi connectivity index (χ3v) is 6.55. The van der Waals surface area contributed by atoms with Crippen LogP contribution in [0.15, 0.2) is 46.8 Å². The van der Waals surface area contributed by atoms with Crippen LogP contribution in [-0.4, -0.2) is 55.5 Å². The number of guanidine groups is 1. The predicted octanol–water partition coefficient (Wildman–Crippen LogP) is 3.08. The van der Waals surface area contributed by atoms with Crippen molar-refractivity contribution in [2.24, 2.45) is 4.99 Å². The van der Waals surface area contributed by atoms with Crippen LogP contribution in [-0.2, 0) is 17.8 Å². The van der Waals surface area contributed by atoms with E-state index in [1.807, 2.05) is 17.9 Å². The molecule has 6 nitrogen and oxygen atoms in total. The molecule has 1 amide bonds. The Bertz CT molecular complexity index is 856. The van der Waals surface area contributed by atoms with E-state index in [9.17, 15) is 4.79 Å². The molecule has 2 aromatic rings. The summed E-state index contributed by atoms with van der Waals surface area (Å²) in [5.74, 6) is 0.824. The van der Waals surface area contributed by atoms with Crippen molar-refractivity contribution < 1.29 is 4.79 Å². The number of halogens is 1. The zero-order valence-corrected chi connectivity index (χ0v) is 20.5. The monoisotopic (exact) mass is 539 g/mol. The lowest BCUT2D eigenvalue weighted by molar-refractivity contribution is -0.130. The predicted molar refractivity (Wildman–Crippen MR) is 135 cm³/mol. The van der Waals surface area contributed by atoms with Crippen LogP contribution in [0, 0.1) is 0 Å². The summed E-state index contributed by atoms with van der Waals surface area (Å²) in [6, 6.07) is 13.0. The molecule has 0 saturated carbocycles. The minimum absolute atomic E-state index is 0. The topological polar surface area (TPSA) is 60.0 Å². The molecule has 8 heteroatoms. The Morgan fingerprint density at radius 2 is 2.07 bits per heavy atom. The highest BCUT2D eigenvalue weighted by molar-refractivity contribution is 14.0. The number of thiophene rings is 1. The number of para-hydroxylation sites is 1. The third-order valence-electron chi connectivity index (χ3n) is 5.53. The van der Waals surface area contributed by atoms with Crippen LogP contribution in [0.1, 0.15) is 23.8 Å². The van der Waals surface area contributed by atoms with Gasteiger partial charge in [-0.25, -0.2) is 4.99 Å². The lowest BCUT2D eigenvalue weighted by atomic mass is 10.1. The molecule has 162 valence electrons. The van der Waals surface area contributed by atoms with Gasteiger partial charge < -0.3 is 20.4 Å². The Morgan fingerprint density at radius 3 is 2.87 bits per heavy atom. The summed E-state index contributed by atoms with van der Waals surface area (Å²) in [4.78, 5) is 23.0. The average Bonchev–Trinajstić information content (AvgIpc) is 3.41. The molecule has 1 aromatic carbocycles. The lowest BCUT2D eigenvalue weighted by Crippen LogP contribution is -2.45. The molecule has 1 fully saturated rings. The van der Waals surface area contributed by atoms with Gasteiger partial charge in [0.25, 0.3) is 0 Å². The van der Waals surface area contributed by atoms with E-state index in [1.54, 1.807) is 11.3 Å². The maximum absolute atomic E-state index is 12.7. The van der Waals surface area contributed by atoms with Gasteiger partial charge in [0.1, 0.15) is 6.54 Å². The molecule has 4 rings (SSSR count). The fourth-order valence-electron chi connectivity index (χ4n) is 3.97. The first-order chi connectivity index (χ1) is 14.2. The Morgan fingerprint density at radius 1 is 1.23 bits per heavy atom. The van der Waals surface area contributed by atoms with Crippen molar-refractivity contribution in [3.8, 4) is 0 Å². The molecule has 3 heterocycles. The van der Waals surface area contributed by atoms with Crippen molar-refractivity contribution in [1.29, 1.82) is 0 Å². The van der Waals surface area contributed by atoms with Crippen LogP contribution in [0.25, 0.3) is 0 Å². The molecule has 1 unspecified atom stereocenters. The molecule has 2 aliphatic heterocycles. The average molecular weight is 539 g/mol. The van der Waals surface area contributed by atoms with Crippen molar-refractivity contribution in [1.82, 2.24) is 15.5 Å². The Labute approximate surface area is 199 Å². The zero-order valence-electron chi connectivity index (χ0n) is 17.3. The van der Waals surface area contributed by atoms with Gasteiger partial charge in [-0.3, -0.25) is 4.79 Å². The maximum Gasteiger partial charge on any atom is 0.244 e. The smallest absolute Gasteiger partial charge is 0.244 e. The van der Waals surface area contributed by atoms with Crippen molar-refractivity contribution in [2.45, 2.75) is 32.4 Å². The summed E-state index contributed by atoms with van der Waals surface area (Å²) >= 11 is 1.79. The molecular weight excluding hydrogens is 509 g/mol. The molecule has 1 saturated heterocycles. The minimum Gasteiger partial charge on any atom is -0.369 e. The van der Waals surface area contributed by atoms with E-state index in [2.05, 4.69) is 56.2 Å². The number of benzene rings is 1. The van der Waals surface area contributed by atoms with Gasteiger partial charge in [0.2, 0.25) is 5.91 Å². The summed E-state index contributed by atoms with van der Waals surface area (Å²) in [7, 11) is 0. The molecule has 2 aliphatic rings. The fourth-order valence-corrected chi connectivity index (χ4v) is 4.86. The Hall–Kier alpha value is -1.81. The summed E-state index contributed by atoms with van der Waals surface area (Å²) in [6.45, 7) is 6.48. The van der Waals surface area contributed by atoms with Crippen LogP contribution in [0.4, 0.5) is 5.69 Å². The van der Waals surface area contributed by atoms with E-state index in [0.717, 1.165) is 45.0 Å². The summed E-state index contributed by atoms with van der Waals surface area (Å²) < 4.78 is 0. The number of carbonyl (C=O) groups excluding carboxylic acids is 1. The second-order valence-corrected chi connectivity index (χ2v) is 8.54. The first-order valence-corrected chi connectivity index (χ1v) is 11.3. The number of nitrogens with one attached hydrogen (secondary N) is 2. The number of hydrogen-bond donors (Lipinski definition) is 2. The number of aliphatic imine (C=N–C) groups is 1. The molecule has 30 heavy (non-hydrogen) atoms. The molecule has 0 aliphatic carbocycles. The summed E-state index contributed by atoms with van der Waals surface area (Å²) in [5, 5.41) is 8.92. The number of amides is 1. The Balaban J connectivity index is 0.00000256. The van der Waals surface area contributed by atoms with Gasteiger partial charge in [-0.2, -0.15) is 0 Å². The van der Waals surface area contributed by atoms with E-state index in [1.165, 1.54) is 16.1 Å². The molecule has 2 N–H and O–H groups in total. The van der Waals surface area contributed by atoms with E-state index in [-0.39, 0.29) is 36.4 Å². The van der Waals surface area contributed by atoms with Gasteiger partial charge in [0.15, 0.2) is 5.96 Å². The van der Waals surface area contributed by atoms with Gasteiger partial charge in [-0.05, 0) is 48.9 Å². The normalized spacial score (nSPS) is 18.6. The fraction of sp³-hybridized carbons (Fsp3) is 0.455. The molecule has 1 atom stereocenters. The highest BCUT2D eigenvalue weighted by atomic mass is 127. The van der Waals surface area contributed by atoms with Crippen molar-refractivity contribution >= 4 is 52.9 Å². The first-order valence-electron chi connectivity index (χ1n) is 10.4. The van der Waals surface area contributed by atoms with E-state index >= 15 is 0 Å². The lowest BCUT2D eigenvalue weighted by Gasteiger charge is -2.26. The number of hydrogen-bond acceptors (Lipinski definition) is 4. The van der Waals surface area contributed by atoms with Crippen LogP contribution >= 0.6 is 35.3 Å². The van der Waals surface area contributed by atoms with Gasteiger partial charge in [-0.15, -0.1) is 35.3 Å². The number of fused-ring (bicyclic) bond motifs is 1. The maximum atomic E-state index is 12.7. The summed E-state index contributed by atoms with van der Waals surface area (Å²) in [5.41, 5.74) is 2.54. The first kappa shape index (κ1) is 22.9. The molecule has 0 spiro atoms. The van der Waals surface area contributed by atoms with Crippen molar-refractivity contribution in [3.63, 3.8) is 0 Å². The Kier molecular flexibility index (Phi) is 8.38. The second-order valence-electron chi connectivity index (χ2n) is 7.54. The summed E-state index contributed by atoms with van der Waals surface area (Å²) in [6.07, 6.45) is 2.01. The molecule has 0 bridgehead atoms. The standard InChI is InChI=1S/C22H29N5OS.HI/c1-2-23-22(25-18-8-11-26(16-18)19-6-4-3-5-7-19)24-14-21(28)27-12-9-20-17(15-27)10-13-29-20;/h3-7,10,13,18H,2,8-9,11-12,14-16H2,1H3,(H2,23,24,25);1H. The van der Waals surface area contributed by atoms with Crippen molar-refractivity contribution in [2.75, 3.05) is 37.6 Å². The number of carbonyl (C=O) groups is 1. The van der Waals surface area contributed by atoms with E-state index < -0.39 is 0 Å². The van der Waals surface area contributed by atoms with Crippen LogP contribution in [0.2, 0.25) is 0 Å². The van der Waals surface area contributed by atoms with Gasteiger partial charge in [0, 0.05) is 49.3 Å². The van der Waals surface area contributed by atoms with E-state index in [4.69, 9.17) is 0 Å². The van der Waals surface area contributed by atoms with Gasteiger partial charge in [-0.1, -0.05) is 18.2 Å². The highest BCUT2D eigenvalue weighted by Crippen LogP contribution is 2.24. The number of rotatable bonds is 5. The zero-order chi connectivity index (χ0) is 20.1. The largest absolute Gasteiger partial charge is 0.369 e. The van der Waals surface area contributed by atoms with Gasteiger partial charge >= 0.3 is 0 Å². The van der Waals surface area contributed by atoms with Crippen LogP contribution in [0.5, 0.6) is 0 Å². The highest BCUT2D eigenvalue weighted by Gasteiger charge is 2.24. The SMILES string of the molecule is CCNC(=NCC(=O)N1CCc2sccc2C1)NC1CCN(c2ccccc2)C1.I. The molecular formula is C22H30IN5OS. The second kappa shape index (κ2) is 11.0. The van der Waals surface area contributed by atoms with Crippen molar-refractivity contribution in [3.05, 3.63) is 52.2 Å².